The molecular weight excluding hydrogens is 477 g/mol. The van der Waals surface area contributed by atoms with Crippen molar-refractivity contribution in [2.24, 2.45) is 10.9 Å². The Hall–Kier alpha value is -2.70. The van der Waals surface area contributed by atoms with Gasteiger partial charge >= 0.3 is 6.09 Å². The maximum atomic E-state index is 14.7. The van der Waals surface area contributed by atoms with E-state index in [1.807, 2.05) is 6.07 Å². The molecule has 4 aliphatic rings. The molecule has 0 spiro atoms. The van der Waals surface area contributed by atoms with Crippen LogP contribution in [0.3, 0.4) is 0 Å². The summed E-state index contributed by atoms with van der Waals surface area (Å²) < 4.78 is 50.3. The first-order valence-electron chi connectivity index (χ1n) is 11.8. The van der Waals surface area contributed by atoms with E-state index in [4.69, 9.17) is 9.47 Å². The lowest BCUT2D eigenvalue weighted by Crippen LogP contribution is -2.55. The number of sulfonamides is 1. The van der Waals surface area contributed by atoms with E-state index in [0.29, 0.717) is 57.1 Å². The SMILES string of the molecule is CS(=O)(=O)N1CC(Oc2cc(F)c3c(c2)CC(CNCCC2CN(C4=CNCC=N4)C(=O)O2)C3)C1. The molecule has 0 aromatic heterocycles. The number of carbonyl (C=O) groups excluding carboxylic acids is 1. The molecule has 35 heavy (non-hydrogen) atoms. The summed E-state index contributed by atoms with van der Waals surface area (Å²) in [5.74, 6) is 1.02. The third kappa shape index (κ3) is 5.44. The maximum Gasteiger partial charge on any atom is 0.415 e. The van der Waals surface area contributed by atoms with E-state index in [-0.39, 0.29) is 30.0 Å². The second kappa shape index (κ2) is 9.75. The summed E-state index contributed by atoms with van der Waals surface area (Å²) in [4.78, 5) is 17.9. The number of halogens is 1. The number of benzene rings is 1. The average molecular weight is 508 g/mol. The molecule has 0 saturated carbocycles. The number of carbonyl (C=O) groups is 1. The smallest absolute Gasteiger partial charge is 0.415 e. The predicted octanol–water partition coefficient (Wildman–Crippen LogP) is 0.837. The standard InChI is InChI=1S/C23H30FN5O5S/c1-35(31,32)28-12-19(13-28)33-18-8-16-6-15(7-20(16)21(24)9-18)10-25-3-2-17-14-29(23(30)34-17)22-11-26-4-5-27-22/h5,8-9,11,15,17,19,25-26H,2-4,6-7,10,12-14H2,1H3. The van der Waals surface area contributed by atoms with Gasteiger partial charge in [-0.1, -0.05) is 0 Å². The van der Waals surface area contributed by atoms with Gasteiger partial charge in [0.05, 0.1) is 25.9 Å². The first kappa shape index (κ1) is 24.0. The van der Waals surface area contributed by atoms with E-state index >= 15 is 0 Å². The Morgan fingerprint density at radius 1 is 1.29 bits per heavy atom. The lowest BCUT2D eigenvalue weighted by molar-refractivity contribution is 0.0763. The lowest BCUT2D eigenvalue weighted by atomic mass is 10.1. The van der Waals surface area contributed by atoms with Crippen molar-refractivity contribution in [3.63, 3.8) is 0 Å². The van der Waals surface area contributed by atoms with Gasteiger partial charge < -0.3 is 20.1 Å². The van der Waals surface area contributed by atoms with Gasteiger partial charge in [-0.15, -0.1) is 0 Å². The highest BCUT2D eigenvalue weighted by molar-refractivity contribution is 7.88. The van der Waals surface area contributed by atoms with Gasteiger partial charge in [-0.2, -0.15) is 4.31 Å². The van der Waals surface area contributed by atoms with Crippen molar-refractivity contribution in [3.8, 4) is 5.75 Å². The summed E-state index contributed by atoms with van der Waals surface area (Å²) in [6, 6.07) is 3.28. The molecule has 1 aromatic carbocycles. The molecule has 1 aromatic rings. The first-order valence-corrected chi connectivity index (χ1v) is 13.7. The summed E-state index contributed by atoms with van der Waals surface area (Å²) in [7, 11) is -3.21. The number of rotatable bonds is 9. The third-order valence-electron chi connectivity index (χ3n) is 6.74. The van der Waals surface area contributed by atoms with Crippen molar-refractivity contribution < 1.29 is 27.1 Å². The van der Waals surface area contributed by atoms with Crippen LogP contribution in [0.5, 0.6) is 5.75 Å². The molecule has 0 radical (unpaired) electrons. The molecule has 1 amide bonds. The topological polar surface area (TPSA) is 113 Å². The Morgan fingerprint density at radius 2 is 2.11 bits per heavy atom. The van der Waals surface area contributed by atoms with Crippen molar-refractivity contribution in [2.75, 3.05) is 45.5 Å². The molecular formula is C23H30FN5O5S. The highest BCUT2D eigenvalue weighted by atomic mass is 32.2. The molecule has 2 atom stereocenters. The highest BCUT2D eigenvalue weighted by Crippen LogP contribution is 2.33. The molecule has 5 rings (SSSR count). The van der Waals surface area contributed by atoms with E-state index in [1.165, 1.54) is 21.5 Å². The number of cyclic esters (lactones) is 1. The lowest BCUT2D eigenvalue weighted by Gasteiger charge is -2.37. The van der Waals surface area contributed by atoms with E-state index in [2.05, 4.69) is 15.6 Å². The quantitative estimate of drug-likeness (QED) is 0.476. The number of hydrogen-bond donors (Lipinski definition) is 2. The van der Waals surface area contributed by atoms with Gasteiger partial charge in [0.1, 0.15) is 23.8 Å². The van der Waals surface area contributed by atoms with Gasteiger partial charge in [0.25, 0.3) is 0 Å². The molecule has 0 bridgehead atoms. The van der Waals surface area contributed by atoms with E-state index in [9.17, 15) is 17.6 Å². The van der Waals surface area contributed by atoms with Gasteiger partial charge in [-0.25, -0.2) is 22.6 Å². The maximum absolute atomic E-state index is 14.7. The molecule has 10 nitrogen and oxygen atoms in total. The van der Waals surface area contributed by atoms with Crippen LogP contribution >= 0.6 is 0 Å². The third-order valence-corrected chi connectivity index (χ3v) is 7.98. The number of amides is 1. The Balaban J connectivity index is 1.05. The fraction of sp³-hybridized carbons (Fsp3) is 0.565. The van der Waals surface area contributed by atoms with Crippen LogP contribution in [0.1, 0.15) is 17.5 Å². The zero-order chi connectivity index (χ0) is 24.6. The number of hydrogen-bond acceptors (Lipinski definition) is 8. The number of nitrogens with one attached hydrogen (secondary N) is 2. The summed E-state index contributed by atoms with van der Waals surface area (Å²) in [5, 5.41) is 6.46. The zero-order valence-electron chi connectivity index (χ0n) is 19.6. The zero-order valence-corrected chi connectivity index (χ0v) is 20.4. The van der Waals surface area contributed by atoms with Crippen molar-refractivity contribution >= 4 is 22.3 Å². The van der Waals surface area contributed by atoms with Crippen molar-refractivity contribution in [3.05, 3.63) is 41.1 Å². The minimum Gasteiger partial charge on any atom is -0.488 e. The van der Waals surface area contributed by atoms with Crippen LogP contribution in [0.25, 0.3) is 0 Å². The van der Waals surface area contributed by atoms with Gasteiger partial charge in [-0.05, 0) is 55.5 Å². The molecule has 2 saturated heterocycles. The second-order valence-electron chi connectivity index (χ2n) is 9.47. The average Bonchev–Trinajstić information content (AvgIpc) is 3.36. The molecule has 2 fully saturated rings. The Kier molecular flexibility index (Phi) is 6.69. The van der Waals surface area contributed by atoms with Crippen LogP contribution in [0, 0.1) is 11.7 Å². The fourth-order valence-corrected chi connectivity index (χ4v) is 5.73. The van der Waals surface area contributed by atoms with Crippen molar-refractivity contribution in [2.45, 2.75) is 31.5 Å². The van der Waals surface area contributed by atoms with E-state index in [1.54, 1.807) is 12.4 Å². The Morgan fingerprint density at radius 3 is 2.86 bits per heavy atom. The summed E-state index contributed by atoms with van der Waals surface area (Å²) in [6.07, 6.45) is 5.87. The normalized spacial score (nSPS) is 24.6. The second-order valence-corrected chi connectivity index (χ2v) is 11.5. The van der Waals surface area contributed by atoms with Crippen LogP contribution in [-0.2, 0) is 27.6 Å². The number of ether oxygens (including phenoxy) is 2. The van der Waals surface area contributed by atoms with Gasteiger partial charge in [-0.3, -0.25) is 4.90 Å². The van der Waals surface area contributed by atoms with Crippen LogP contribution in [-0.4, -0.2) is 87.7 Å². The van der Waals surface area contributed by atoms with Crippen molar-refractivity contribution in [1.82, 2.24) is 19.8 Å². The van der Waals surface area contributed by atoms with E-state index in [0.717, 1.165) is 24.1 Å². The number of aliphatic imine (C=N–C) groups is 1. The highest BCUT2D eigenvalue weighted by Gasteiger charge is 2.36. The molecule has 1 aliphatic carbocycles. The number of fused-ring (bicyclic) bond motifs is 1. The molecule has 3 heterocycles. The van der Waals surface area contributed by atoms with Crippen LogP contribution in [0.2, 0.25) is 0 Å². The predicted molar refractivity (Wildman–Crippen MR) is 127 cm³/mol. The van der Waals surface area contributed by atoms with Gasteiger partial charge in [0.2, 0.25) is 10.0 Å². The van der Waals surface area contributed by atoms with Crippen LogP contribution < -0.4 is 15.4 Å². The molecule has 3 aliphatic heterocycles. The van der Waals surface area contributed by atoms with E-state index < -0.39 is 10.0 Å². The summed E-state index contributed by atoms with van der Waals surface area (Å²) >= 11 is 0. The monoisotopic (exact) mass is 507 g/mol. The van der Waals surface area contributed by atoms with Crippen LogP contribution in [0.4, 0.5) is 9.18 Å². The first-order chi connectivity index (χ1) is 16.8. The Labute approximate surface area is 204 Å². The van der Waals surface area contributed by atoms with Crippen LogP contribution in [0.15, 0.2) is 29.1 Å². The minimum atomic E-state index is -3.21. The number of nitrogens with zero attached hydrogens (tertiary/aromatic N) is 3. The van der Waals surface area contributed by atoms with Gasteiger partial charge in [0, 0.05) is 25.0 Å². The van der Waals surface area contributed by atoms with Crippen molar-refractivity contribution in [1.29, 1.82) is 0 Å². The molecule has 190 valence electrons. The largest absolute Gasteiger partial charge is 0.488 e. The molecule has 12 heteroatoms. The Bertz CT molecular complexity index is 1150. The molecule has 2 unspecified atom stereocenters. The minimum absolute atomic E-state index is 0.198. The summed E-state index contributed by atoms with van der Waals surface area (Å²) in [6.45, 7) is 3.12. The molecule has 2 N–H and O–H groups in total. The fourth-order valence-electron chi connectivity index (χ4n) is 4.85. The summed E-state index contributed by atoms with van der Waals surface area (Å²) in [5.41, 5.74) is 1.67. The van der Waals surface area contributed by atoms with Gasteiger partial charge in [0.15, 0.2) is 5.82 Å².